The summed E-state index contributed by atoms with van der Waals surface area (Å²) >= 11 is 1.69. The third-order valence-corrected chi connectivity index (χ3v) is 2.92. The highest BCUT2D eigenvalue weighted by molar-refractivity contribution is 7.09. The zero-order valence-corrected chi connectivity index (χ0v) is 7.63. The molecule has 2 heterocycles. The maximum absolute atomic E-state index is 8.79. The van der Waals surface area contributed by atoms with Crippen LogP contribution in [0.1, 0.15) is 4.88 Å². The molecule has 12 heavy (non-hydrogen) atoms. The number of rotatable bonds is 3. The van der Waals surface area contributed by atoms with Crippen molar-refractivity contribution >= 4 is 11.3 Å². The lowest BCUT2D eigenvalue weighted by atomic mass is 10.0. The average molecular weight is 184 g/mol. The number of hydrogen-bond acceptors (Lipinski definition) is 4. The van der Waals surface area contributed by atoms with Crippen molar-refractivity contribution in [1.29, 1.82) is 0 Å². The highest BCUT2D eigenvalue weighted by Crippen LogP contribution is 2.19. The van der Waals surface area contributed by atoms with Gasteiger partial charge in [-0.1, -0.05) is 0 Å². The number of likely N-dealkylation sites (tertiary alicyclic amines) is 1. The van der Waals surface area contributed by atoms with Crippen LogP contribution < -0.4 is 0 Å². The van der Waals surface area contributed by atoms with Crippen LogP contribution in [-0.4, -0.2) is 34.7 Å². The molecule has 3 nitrogen and oxygen atoms in total. The van der Waals surface area contributed by atoms with Crippen LogP contribution in [0.25, 0.3) is 0 Å². The molecule has 0 aliphatic carbocycles. The van der Waals surface area contributed by atoms with Crippen LogP contribution >= 0.6 is 11.3 Å². The summed E-state index contributed by atoms with van der Waals surface area (Å²) in [7, 11) is 0. The van der Waals surface area contributed by atoms with Gasteiger partial charge in [0.15, 0.2) is 0 Å². The van der Waals surface area contributed by atoms with E-state index in [0.29, 0.717) is 12.5 Å². The van der Waals surface area contributed by atoms with Crippen molar-refractivity contribution in [1.82, 2.24) is 9.88 Å². The summed E-state index contributed by atoms with van der Waals surface area (Å²) in [6.45, 7) is 3.41. The summed E-state index contributed by atoms with van der Waals surface area (Å²) in [6.07, 6.45) is 1.91. The topological polar surface area (TPSA) is 36.4 Å². The summed E-state index contributed by atoms with van der Waals surface area (Å²) in [4.78, 5) is 7.65. The first-order chi connectivity index (χ1) is 5.88. The molecule has 1 saturated heterocycles. The van der Waals surface area contributed by atoms with E-state index in [1.165, 1.54) is 4.88 Å². The van der Waals surface area contributed by atoms with Crippen LogP contribution in [0.2, 0.25) is 0 Å². The summed E-state index contributed by atoms with van der Waals surface area (Å²) in [5.74, 6) is 0.512. The molecule has 0 radical (unpaired) electrons. The van der Waals surface area contributed by atoms with Gasteiger partial charge in [-0.05, 0) is 0 Å². The van der Waals surface area contributed by atoms with Crippen LogP contribution in [0.15, 0.2) is 11.7 Å². The molecule has 1 aliphatic heterocycles. The molecule has 0 amide bonds. The monoisotopic (exact) mass is 184 g/mol. The van der Waals surface area contributed by atoms with Crippen molar-refractivity contribution in [2.24, 2.45) is 5.92 Å². The standard InChI is InChI=1S/C8H12N2OS/c11-5-7-2-10(3-7)4-8-1-9-6-12-8/h1,6-7,11H,2-5H2. The first-order valence-corrected chi connectivity index (χ1v) is 4.97. The Morgan fingerprint density at radius 2 is 2.50 bits per heavy atom. The molecule has 2 rings (SSSR count). The second kappa shape index (κ2) is 3.51. The Morgan fingerprint density at radius 1 is 1.67 bits per heavy atom. The van der Waals surface area contributed by atoms with E-state index in [2.05, 4.69) is 9.88 Å². The van der Waals surface area contributed by atoms with Crippen molar-refractivity contribution in [3.05, 3.63) is 16.6 Å². The summed E-state index contributed by atoms with van der Waals surface area (Å²) in [6, 6.07) is 0. The predicted molar refractivity (Wildman–Crippen MR) is 48.0 cm³/mol. The van der Waals surface area contributed by atoms with E-state index in [4.69, 9.17) is 5.11 Å². The lowest BCUT2D eigenvalue weighted by Gasteiger charge is -2.37. The molecule has 66 valence electrons. The third-order valence-electron chi connectivity index (χ3n) is 2.15. The van der Waals surface area contributed by atoms with E-state index >= 15 is 0 Å². The van der Waals surface area contributed by atoms with Crippen molar-refractivity contribution in [2.75, 3.05) is 19.7 Å². The molecule has 1 aromatic heterocycles. The second-order valence-corrected chi connectivity index (χ2v) is 4.18. The third kappa shape index (κ3) is 1.65. The Labute approximate surface area is 75.7 Å². The minimum atomic E-state index is 0.333. The fourth-order valence-corrected chi connectivity index (χ4v) is 2.10. The van der Waals surface area contributed by atoms with Crippen LogP contribution in [0.4, 0.5) is 0 Å². The molecule has 4 heteroatoms. The SMILES string of the molecule is OCC1CN(Cc2cncs2)C1. The van der Waals surface area contributed by atoms with Crippen LogP contribution in [-0.2, 0) is 6.54 Å². The Balaban J connectivity index is 1.77. The number of aromatic nitrogens is 1. The van der Waals surface area contributed by atoms with E-state index in [1.54, 1.807) is 11.3 Å². The van der Waals surface area contributed by atoms with Gasteiger partial charge in [-0.25, -0.2) is 0 Å². The quantitative estimate of drug-likeness (QED) is 0.746. The van der Waals surface area contributed by atoms with Gasteiger partial charge >= 0.3 is 0 Å². The number of hydrogen-bond donors (Lipinski definition) is 1. The largest absolute Gasteiger partial charge is 0.396 e. The maximum atomic E-state index is 8.79. The molecule has 0 atom stereocenters. The zero-order valence-electron chi connectivity index (χ0n) is 6.81. The molecule has 1 aliphatic rings. The molecule has 0 saturated carbocycles. The van der Waals surface area contributed by atoms with Gasteiger partial charge in [-0.3, -0.25) is 9.88 Å². The highest BCUT2D eigenvalue weighted by Gasteiger charge is 2.25. The Kier molecular flexibility index (Phi) is 2.39. The Bertz CT molecular complexity index is 231. The highest BCUT2D eigenvalue weighted by atomic mass is 32.1. The fraction of sp³-hybridized carbons (Fsp3) is 0.625. The van der Waals surface area contributed by atoms with Crippen LogP contribution in [0.3, 0.4) is 0 Å². The van der Waals surface area contributed by atoms with Gasteiger partial charge in [-0.2, -0.15) is 0 Å². The van der Waals surface area contributed by atoms with Gasteiger partial charge in [0, 0.05) is 43.2 Å². The number of aliphatic hydroxyl groups is 1. The average Bonchev–Trinajstić information content (AvgIpc) is 2.47. The zero-order chi connectivity index (χ0) is 8.39. The van der Waals surface area contributed by atoms with Crippen molar-refractivity contribution in [2.45, 2.75) is 6.54 Å². The number of nitrogens with zero attached hydrogens (tertiary/aromatic N) is 2. The summed E-state index contributed by atoms with van der Waals surface area (Å²) in [5, 5.41) is 8.79. The molecule has 1 aromatic rings. The molecule has 0 aromatic carbocycles. The van der Waals surface area contributed by atoms with Gasteiger partial charge in [0.25, 0.3) is 0 Å². The van der Waals surface area contributed by atoms with E-state index in [9.17, 15) is 0 Å². The smallest absolute Gasteiger partial charge is 0.0794 e. The van der Waals surface area contributed by atoms with Crippen molar-refractivity contribution < 1.29 is 5.11 Å². The predicted octanol–water partition coefficient (Wildman–Crippen LogP) is 0.567. The van der Waals surface area contributed by atoms with Gasteiger partial charge in [-0.15, -0.1) is 11.3 Å². The van der Waals surface area contributed by atoms with Crippen LogP contribution in [0.5, 0.6) is 0 Å². The number of aliphatic hydroxyl groups excluding tert-OH is 1. The summed E-state index contributed by atoms with van der Waals surface area (Å²) in [5.41, 5.74) is 1.86. The molecule has 1 N–H and O–H groups in total. The molecule has 1 fully saturated rings. The van der Waals surface area contributed by atoms with Crippen LogP contribution in [0, 0.1) is 5.92 Å². The minimum absolute atomic E-state index is 0.333. The first-order valence-electron chi connectivity index (χ1n) is 4.09. The van der Waals surface area contributed by atoms with E-state index in [1.807, 2.05) is 11.7 Å². The van der Waals surface area contributed by atoms with E-state index in [0.717, 1.165) is 19.6 Å². The van der Waals surface area contributed by atoms with Crippen molar-refractivity contribution in [3.8, 4) is 0 Å². The minimum Gasteiger partial charge on any atom is -0.396 e. The lowest BCUT2D eigenvalue weighted by Crippen LogP contribution is -2.47. The molecular formula is C8H12N2OS. The molecular weight excluding hydrogens is 172 g/mol. The maximum Gasteiger partial charge on any atom is 0.0794 e. The fourth-order valence-electron chi connectivity index (χ4n) is 1.46. The lowest BCUT2D eigenvalue weighted by molar-refractivity contribution is 0.0486. The summed E-state index contributed by atoms with van der Waals surface area (Å²) < 4.78 is 0. The molecule has 0 spiro atoms. The number of thiazole rings is 1. The van der Waals surface area contributed by atoms with E-state index < -0.39 is 0 Å². The van der Waals surface area contributed by atoms with E-state index in [-0.39, 0.29) is 0 Å². The Morgan fingerprint density at radius 3 is 3.08 bits per heavy atom. The van der Waals surface area contributed by atoms with Crippen molar-refractivity contribution in [3.63, 3.8) is 0 Å². The Hall–Kier alpha value is -0.450. The molecule has 0 bridgehead atoms. The normalized spacial score (nSPS) is 19.4. The van der Waals surface area contributed by atoms with Gasteiger partial charge in [0.05, 0.1) is 5.51 Å². The molecule has 0 unspecified atom stereocenters. The first kappa shape index (κ1) is 8.16. The second-order valence-electron chi connectivity index (χ2n) is 3.21. The van der Waals surface area contributed by atoms with Gasteiger partial charge < -0.3 is 5.11 Å². The van der Waals surface area contributed by atoms with Gasteiger partial charge in [0.1, 0.15) is 0 Å². The van der Waals surface area contributed by atoms with Gasteiger partial charge in [0.2, 0.25) is 0 Å².